The molecule has 2 N–H and O–H groups in total. The summed E-state index contributed by atoms with van der Waals surface area (Å²) in [5, 5.41) is 2.00. The van der Waals surface area contributed by atoms with Gasteiger partial charge in [0, 0.05) is 6.20 Å². The number of anilines is 1. The third-order valence-electron chi connectivity index (χ3n) is 1.77. The van der Waals surface area contributed by atoms with E-state index in [1.807, 2.05) is 22.6 Å². The Morgan fingerprint density at radius 3 is 3.00 bits per heavy atom. The number of hydrogen-bond donors (Lipinski definition) is 1. The number of hydrogen-bond acceptors (Lipinski definition) is 4. The molecular formula is C8H7BrN2OS2. The molecule has 0 aliphatic carbocycles. The molecule has 0 aromatic carbocycles. The lowest BCUT2D eigenvalue weighted by Gasteiger charge is -2.13. The number of thiophene rings is 1. The summed E-state index contributed by atoms with van der Waals surface area (Å²) in [6.07, 6.45) is 1.95. The third-order valence-corrected chi connectivity index (χ3v) is 4.15. The third kappa shape index (κ3) is 1.82. The maximum absolute atomic E-state index is 11.1. The molecule has 0 unspecified atom stereocenters. The van der Waals surface area contributed by atoms with Crippen molar-refractivity contribution >= 4 is 50.6 Å². The SMILES string of the molecule is NC(=O)c1sc(Br)cc1N1C=CSC1. The number of nitrogens with zero attached hydrogens (tertiary/aromatic N) is 1. The van der Waals surface area contributed by atoms with Gasteiger partial charge in [-0.15, -0.1) is 23.1 Å². The largest absolute Gasteiger partial charge is 0.365 e. The van der Waals surface area contributed by atoms with Gasteiger partial charge in [-0.2, -0.15) is 0 Å². The lowest BCUT2D eigenvalue weighted by Crippen LogP contribution is -2.16. The number of primary amides is 1. The van der Waals surface area contributed by atoms with E-state index < -0.39 is 0 Å². The second kappa shape index (κ2) is 3.96. The van der Waals surface area contributed by atoms with E-state index in [9.17, 15) is 4.79 Å². The van der Waals surface area contributed by atoms with Crippen LogP contribution in [0.3, 0.4) is 0 Å². The van der Waals surface area contributed by atoms with Crippen molar-refractivity contribution in [3.8, 4) is 0 Å². The second-order valence-corrected chi connectivity index (χ2v) is 5.97. The normalized spacial score (nSPS) is 15.1. The van der Waals surface area contributed by atoms with E-state index in [0.717, 1.165) is 15.4 Å². The van der Waals surface area contributed by atoms with Crippen molar-refractivity contribution in [1.29, 1.82) is 0 Å². The van der Waals surface area contributed by atoms with Gasteiger partial charge in [0.2, 0.25) is 0 Å². The summed E-state index contributed by atoms with van der Waals surface area (Å²) in [4.78, 5) is 13.8. The standard InChI is InChI=1S/C8H7BrN2OS2/c9-6-3-5(7(14-6)8(10)12)11-1-2-13-4-11/h1-3H,4H2,(H2,10,12). The van der Waals surface area contributed by atoms with Gasteiger partial charge in [0.05, 0.1) is 15.4 Å². The lowest BCUT2D eigenvalue weighted by atomic mass is 10.3. The van der Waals surface area contributed by atoms with Crippen LogP contribution in [0.5, 0.6) is 0 Å². The number of amides is 1. The molecule has 0 radical (unpaired) electrons. The van der Waals surface area contributed by atoms with Gasteiger partial charge >= 0.3 is 0 Å². The topological polar surface area (TPSA) is 46.3 Å². The van der Waals surface area contributed by atoms with Crippen LogP contribution in [0.1, 0.15) is 9.67 Å². The number of halogens is 1. The van der Waals surface area contributed by atoms with Crippen LogP contribution >= 0.6 is 39.0 Å². The van der Waals surface area contributed by atoms with Crippen molar-refractivity contribution in [3.63, 3.8) is 0 Å². The molecule has 1 aliphatic heterocycles. The molecular weight excluding hydrogens is 284 g/mol. The summed E-state index contributed by atoms with van der Waals surface area (Å²) >= 11 is 6.41. The van der Waals surface area contributed by atoms with Gasteiger partial charge in [-0.1, -0.05) is 0 Å². The maximum Gasteiger partial charge on any atom is 0.260 e. The molecule has 74 valence electrons. The van der Waals surface area contributed by atoms with Gasteiger partial charge in [0.25, 0.3) is 5.91 Å². The first-order chi connectivity index (χ1) is 6.68. The van der Waals surface area contributed by atoms with E-state index in [0.29, 0.717) is 4.88 Å². The molecule has 1 aromatic heterocycles. The second-order valence-electron chi connectivity index (χ2n) is 2.68. The van der Waals surface area contributed by atoms with Gasteiger partial charge < -0.3 is 10.6 Å². The number of thioether (sulfide) groups is 1. The predicted molar refractivity (Wildman–Crippen MR) is 64.6 cm³/mol. The molecule has 6 heteroatoms. The molecule has 1 aromatic rings. The zero-order valence-electron chi connectivity index (χ0n) is 7.07. The molecule has 2 rings (SSSR count). The summed E-state index contributed by atoms with van der Waals surface area (Å²) in [5.74, 6) is 0.463. The summed E-state index contributed by atoms with van der Waals surface area (Å²) in [7, 11) is 0. The fraction of sp³-hybridized carbons (Fsp3) is 0.125. The Labute approximate surface area is 98.1 Å². The minimum atomic E-state index is -0.374. The van der Waals surface area contributed by atoms with Crippen LogP contribution in [0.15, 0.2) is 21.5 Å². The Balaban J connectivity index is 2.40. The Morgan fingerprint density at radius 1 is 1.64 bits per heavy atom. The summed E-state index contributed by atoms with van der Waals surface area (Å²) in [5.41, 5.74) is 6.17. The summed E-state index contributed by atoms with van der Waals surface area (Å²) in [6.45, 7) is 0. The van der Waals surface area contributed by atoms with E-state index in [1.165, 1.54) is 11.3 Å². The number of rotatable bonds is 2. The van der Waals surface area contributed by atoms with Crippen LogP contribution in [-0.4, -0.2) is 11.8 Å². The van der Waals surface area contributed by atoms with Gasteiger partial charge in [0.15, 0.2) is 0 Å². The predicted octanol–water partition coefficient (Wildman–Crippen LogP) is 2.59. The molecule has 1 amide bonds. The van der Waals surface area contributed by atoms with Crippen molar-refractivity contribution < 1.29 is 4.79 Å². The number of nitrogens with two attached hydrogens (primary N) is 1. The molecule has 1 aliphatic rings. The van der Waals surface area contributed by atoms with Crippen molar-refractivity contribution in [2.45, 2.75) is 0 Å². The molecule has 0 saturated carbocycles. The highest BCUT2D eigenvalue weighted by atomic mass is 79.9. The van der Waals surface area contributed by atoms with Crippen molar-refractivity contribution in [2.75, 3.05) is 10.8 Å². The fourth-order valence-corrected chi connectivity index (χ4v) is 3.33. The molecule has 0 atom stereocenters. The minimum Gasteiger partial charge on any atom is -0.365 e. The summed E-state index contributed by atoms with van der Waals surface area (Å²) < 4.78 is 0.923. The van der Waals surface area contributed by atoms with Gasteiger partial charge in [-0.3, -0.25) is 4.79 Å². The van der Waals surface area contributed by atoms with Crippen LogP contribution in [0, 0.1) is 0 Å². The van der Waals surface area contributed by atoms with Crippen LogP contribution in [-0.2, 0) is 0 Å². The van der Waals surface area contributed by atoms with Crippen LogP contribution < -0.4 is 10.6 Å². The number of carbonyl (C=O) groups is 1. The first-order valence-corrected chi connectivity index (χ1v) is 6.48. The van der Waals surface area contributed by atoms with E-state index in [4.69, 9.17) is 5.73 Å². The monoisotopic (exact) mass is 290 g/mol. The highest BCUT2D eigenvalue weighted by Crippen LogP contribution is 2.36. The Morgan fingerprint density at radius 2 is 2.43 bits per heavy atom. The van der Waals surface area contributed by atoms with Crippen LogP contribution in [0.2, 0.25) is 0 Å². The quantitative estimate of drug-likeness (QED) is 0.911. The first-order valence-electron chi connectivity index (χ1n) is 3.82. The highest BCUT2D eigenvalue weighted by molar-refractivity contribution is 9.11. The van der Waals surface area contributed by atoms with Crippen LogP contribution in [0.4, 0.5) is 5.69 Å². The summed E-state index contributed by atoms with van der Waals surface area (Å²) in [6, 6.07) is 1.92. The Kier molecular flexibility index (Phi) is 2.85. The van der Waals surface area contributed by atoms with E-state index in [2.05, 4.69) is 15.9 Å². The molecule has 14 heavy (non-hydrogen) atoms. The minimum absolute atomic E-state index is 0.374. The molecule has 0 fully saturated rings. The average molecular weight is 291 g/mol. The fourth-order valence-electron chi connectivity index (χ4n) is 1.17. The van der Waals surface area contributed by atoms with E-state index in [-0.39, 0.29) is 5.91 Å². The molecule has 3 nitrogen and oxygen atoms in total. The average Bonchev–Trinajstić information content (AvgIpc) is 2.70. The zero-order chi connectivity index (χ0) is 10.1. The Bertz CT molecular complexity index is 402. The number of carbonyl (C=O) groups excluding carboxylic acids is 1. The van der Waals surface area contributed by atoms with Crippen molar-refractivity contribution in [3.05, 3.63) is 26.3 Å². The van der Waals surface area contributed by atoms with Gasteiger partial charge in [-0.05, 0) is 27.4 Å². The molecule has 2 heterocycles. The van der Waals surface area contributed by atoms with Crippen molar-refractivity contribution in [2.24, 2.45) is 5.73 Å². The van der Waals surface area contributed by atoms with Crippen molar-refractivity contribution in [1.82, 2.24) is 0 Å². The highest BCUT2D eigenvalue weighted by Gasteiger charge is 2.18. The zero-order valence-corrected chi connectivity index (χ0v) is 10.3. The van der Waals surface area contributed by atoms with Gasteiger partial charge in [0.1, 0.15) is 4.88 Å². The molecule has 0 spiro atoms. The van der Waals surface area contributed by atoms with Crippen LogP contribution in [0.25, 0.3) is 0 Å². The van der Waals surface area contributed by atoms with E-state index >= 15 is 0 Å². The first kappa shape index (κ1) is 10.1. The smallest absolute Gasteiger partial charge is 0.260 e. The Hall–Kier alpha value is -0.460. The lowest BCUT2D eigenvalue weighted by molar-refractivity contribution is 0.100. The molecule has 0 saturated heterocycles. The molecule has 0 bridgehead atoms. The van der Waals surface area contributed by atoms with E-state index in [1.54, 1.807) is 11.8 Å². The maximum atomic E-state index is 11.1. The van der Waals surface area contributed by atoms with Gasteiger partial charge in [-0.25, -0.2) is 0 Å².